The molecule has 1 nitrogen and oxygen atoms in total. The Kier molecular flexibility index (Phi) is 5.24. The van der Waals surface area contributed by atoms with Crippen LogP contribution in [0.15, 0.2) is 11.6 Å². The number of hydrogen-bond donors (Lipinski definition) is 0. The number of hydrogen-bond acceptors (Lipinski definition) is 1. The van der Waals surface area contributed by atoms with Crippen LogP contribution in [0.5, 0.6) is 0 Å². The number of unbranched alkanes of at least 4 members (excludes halogenated alkanes) is 3. The van der Waals surface area contributed by atoms with Gasteiger partial charge in [0.05, 0.1) is 0 Å². The largest absolute Gasteiger partial charge is 0.303 e. The van der Waals surface area contributed by atoms with Gasteiger partial charge in [-0.3, -0.25) is 0 Å². The van der Waals surface area contributed by atoms with Gasteiger partial charge in [0.25, 0.3) is 0 Å². The summed E-state index contributed by atoms with van der Waals surface area (Å²) < 4.78 is 0. The first-order chi connectivity index (χ1) is 7.60. The Morgan fingerprint density at radius 3 is 2.75 bits per heavy atom. The van der Waals surface area contributed by atoms with E-state index in [1.165, 1.54) is 37.7 Å². The first-order valence-electron chi connectivity index (χ1n) is 6.76. The van der Waals surface area contributed by atoms with Gasteiger partial charge in [0, 0.05) is 5.92 Å². The van der Waals surface area contributed by atoms with Crippen LogP contribution in [0.2, 0.25) is 0 Å². The summed E-state index contributed by atoms with van der Waals surface area (Å²) in [7, 11) is 0. The summed E-state index contributed by atoms with van der Waals surface area (Å²) in [6.07, 6.45) is 12.0. The molecule has 1 rings (SSSR count). The second-order valence-corrected chi connectivity index (χ2v) is 5.73. The van der Waals surface area contributed by atoms with Gasteiger partial charge in [-0.25, -0.2) is 0 Å². The van der Waals surface area contributed by atoms with E-state index < -0.39 is 0 Å². The summed E-state index contributed by atoms with van der Waals surface area (Å²) in [6, 6.07) is 0. The molecule has 0 heterocycles. The number of rotatable bonds is 6. The lowest BCUT2D eigenvalue weighted by Crippen LogP contribution is -2.22. The predicted molar refractivity (Wildman–Crippen MR) is 69.4 cm³/mol. The molecule has 0 spiro atoms. The van der Waals surface area contributed by atoms with Crippen molar-refractivity contribution in [3.63, 3.8) is 0 Å². The fourth-order valence-electron chi connectivity index (χ4n) is 2.53. The summed E-state index contributed by atoms with van der Waals surface area (Å²) in [5.41, 5.74) is 1.85. The number of allylic oxidation sites excluding steroid dienone is 2. The van der Waals surface area contributed by atoms with E-state index in [2.05, 4.69) is 26.8 Å². The average Bonchev–Trinajstić information content (AvgIpc) is 2.26. The maximum Gasteiger partial charge on any atom is 0.126 e. The molecule has 0 radical (unpaired) electrons. The molecule has 1 aliphatic carbocycles. The molecule has 0 saturated carbocycles. The van der Waals surface area contributed by atoms with E-state index in [0.29, 0.717) is 5.41 Å². The Labute approximate surface area is 100 Å². The Morgan fingerprint density at radius 2 is 2.12 bits per heavy atom. The first-order valence-corrected chi connectivity index (χ1v) is 6.76. The SMILES string of the molecule is CCCCCCC1=CC(C=O)CCC1(C)C. The number of carbonyl (C=O) groups is 1. The molecule has 1 unspecified atom stereocenters. The fraction of sp³-hybridized carbons (Fsp3) is 0.800. The molecule has 0 aromatic rings. The van der Waals surface area contributed by atoms with Gasteiger partial charge >= 0.3 is 0 Å². The van der Waals surface area contributed by atoms with Crippen molar-refractivity contribution >= 4 is 6.29 Å². The highest BCUT2D eigenvalue weighted by Gasteiger charge is 2.28. The Balaban J connectivity index is 2.51. The van der Waals surface area contributed by atoms with Crippen LogP contribution in [-0.2, 0) is 4.79 Å². The molecular formula is C15H26O. The molecule has 1 atom stereocenters. The predicted octanol–water partition coefficient (Wildman–Crippen LogP) is 4.52. The van der Waals surface area contributed by atoms with Gasteiger partial charge < -0.3 is 4.79 Å². The third-order valence-electron chi connectivity index (χ3n) is 3.86. The van der Waals surface area contributed by atoms with E-state index in [-0.39, 0.29) is 5.92 Å². The van der Waals surface area contributed by atoms with Crippen LogP contribution in [0.25, 0.3) is 0 Å². The molecule has 0 aromatic carbocycles. The smallest absolute Gasteiger partial charge is 0.126 e. The highest BCUT2D eigenvalue weighted by molar-refractivity contribution is 5.57. The molecule has 0 saturated heterocycles. The number of carbonyl (C=O) groups excluding carboxylic acids is 1. The molecule has 16 heavy (non-hydrogen) atoms. The van der Waals surface area contributed by atoms with Gasteiger partial charge in [0.2, 0.25) is 0 Å². The van der Waals surface area contributed by atoms with Gasteiger partial charge in [-0.1, -0.05) is 51.7 Å². The van der Waals surface area contributed by atoms with E-state index in [9.17, 15) is 4.79 Å². The molecule has 1 aliphatic rings. The average molecular weight is 222 g/mol. The molecule has 0 bridgehead atoms. The standard InChI is InChI=1S/C15H26O/c1-4-5-6-7-8-14-11-13(12-16)9-10-15(14,2)3/h11-13H,4-10H2,1-3H3. The molecule has 0 amide bonds. The van der Waals surface area contributed by atoms with Crippen molar-refractivity contribution in [1.82, 2.24) is 0 Å². The van der Waals surface area contributed by atoms with Crippen molar-refractivity contribution in [2.75, 3.05) is 0 Å². The van der Waals surface area contributed by atoms with E-state index in [4.69, 9.17) is 0 Å². The summed E-state index contributed by atoms with van der Waals surface area (Å²) in [5.74, 6) is 0.189. The zero-order chi connectivity index (χ0) is 12.0. The van der Waals surface area contributed by atoms with E-state index in [0.717, 1.165) is 19.1 Å². The zero-order valence-electron chi connectivity index (χ0n) is 11.1. The number of aldehydes is 1. The van der Waals surface area contributed by atoms with Crippen molar-refractivity contribution in [1.29, 1.82) is 0 Å². The van der Waals surface area contributed by atoms with Crippen LogP contribution in [0.3, 0.4) is 0 Å². The van der Waals surface area contributed by atoms with Gasteiger partial charge in [-0.15, -0.1) is 0 Å². The van der Waals surface area contributed by atoms with E-state index >= 15 is 0 Å². The Bertz CT molecular complexity index is 250. The maximum atomic E-state index is 10.8. The molecule has 92 valence electrons. The third kappa shape index (κ3) is 3.77. The lowest BCUT2D eigenvalue weighted by Gasteiger charge is -2.34. The third-order valence-corrected chi connectivity index (χ3v) is 3.86. The van der Waals surface area contributed by atoms with Crippen LogP contribution in [0.1, 0.15) is 65.7 Å². The van der Waals surface area contributed by atoms with Gasteiger partial charge in [-0.2, -0.15) is 0 Å². The minimum absolute atomic E-state index is 0.189. The van der Waals surface area contributed by atoms with Crippen molar-refractivity contribution in [2.24, 2.45) is 11.3 Å². The monoisotopic (exact) mass is 222 g/mol. The molecule has 0 N–H and O–H groups in total. The lowest BCUT2D eigenvalue weighted by molar-refractivity contribution is -0.110. The van der Waals surface area contributed by atoms with Crippen molar-refractivity contribution in [2.45, 2.75) is 65.7 Å². The summed E-state index contributed by atoms with van der Waals surface area (Å²) >= 11 is 0. The molecule has 0 aromatic heterocycles. The second kappa shape index (κ2) is 6.22. The minimum atomic E-state index is 0.189. The quantitative estimate of drug-likeness (QED) is 0.367. The molecule has 1 heteroatoms. The van der Waals surface area contributed by atoms with Crippen LogP contribution in [0, 0.1) is 11.3 Å². The topological polar surface area (TPSA) is 17.1 Å². The van der Waals surface area contributed by atoms with Crippen LogP contribution in [-0.4, -0.2) is 6.29 Å². The highest BCUT2D eigenvalue weighted by Crippen LogP contribution is 2.40. The fourth-order valence-corrected chi connectivity index (χ4v) is 2.53. The van der Waals surface area contributed by atoms with Crippen LogP contribution >= 0.6 is 0 Å². The first kappa shape index (κ1) is 13.5. The van der Waals surface area contributed by atoms with E-state index in [1.807, 2.05) is 0 Å². The Hall–Kier alpha value is -0.590. The van der Waals surface area contributed by atoms with Crippen molar-refractivity contribution < 1.29 is 4.79 Å². The van der Waals surface area contributed by atoms with Gasteiger partial charge in [-0.05, 0) is 31.1 Å². The molecular weight excluding hydrogens is 196 g/mol. The summed E-state index contributed by atoms with van der Waals surface area (Å²) in [4.78, 5) is 10.8. The minimum Gasteiger partial charge on any atom is -0.303 e. The highest BCUT2D eigenvalue weighted by atomic mass is 16.1. The van der Waals surface area contributed by atoms with E-state index in [1.54, 1.807) is 0 Å². The normalized spacial score (nSPS) is 23.9. The van der Waals surface area contributed by atoms with Crippen molar-refractivity contribution in [3.8, 4) is 0 Å². The zero-order valence-corrected chi connectivity index (χ0v) is 11.1. The summed E-state index contributed by atoms with van der Waals surface area (Å²) in [6.45, 7) is 6.88. The van der Waals surface area contributed by atoms with Gasteiger partial charge in [0.1, 0.15) is 6.29 Å². The van der Waals surface area contributed by atoms with Gasteiger partial charge in [0.15, 0.2) is 0 Å². The summed E-state index contributed by atoms with van der Waals surface area (Å²) in [5, 5.41) is 0. The molecule has 0 aliphatic heterocycles. The van der Waals surface area contributed by atoms with Crippen LogP contribution < -0.4 is 0 Å². The lowest BCUT2D eigenvalue weighted by atomic mass is 9.71. The van der Waals surface area contributed by atoms with Crippen molar-refractivity contribution in [3.05, 3.63) is 11.6 Å². The maximum absolute atomic E-state index is 10.8. The Morgan fingerprint density at radius 1 is 1.38 bits per heavy atom. The van der Waals surface area contributed by atoms with Crippen LogP contribution in [0.4, 0.5) is 0 Å². The second-order valence-electron chi connectivity index (χ2n) is 5.73. The molecule has 0 fully saturated rings.